The maximum Gasteiger partial charge on any atom is 0.266 e. The molecule has 0 radical (unpaired) electrons. The number of hydrogen-bond donors (Lipinski definition) is 2. The maximum atomic E-state index is 12.4. The van der Waals surface area contributed by atoms with Crippen molar-refractivity contribution in [3.63, 3.8) is 0 Å². The topological polar surface area (TPSA) is 79.3 Å². The number of aromatic amines is 1. The number of aryl methyl sites for hydroxylation is 3. The van der Waals surface area contributed by atoms with E-state index in [1.807, 2.05) is 33.8 Å². The average molecular weight is 344 g/mol. The van der Waals surface area contributed by atoms with Gasteiger partial charge in [-0.15, -0.1) is 11.3 Å². The lowest BCUT2D eigenvalue weighted by Crippen LogP contribution is -2.28. The minimum Gasteiger partial charge on any atom is -0.348 e. The number of carbonyl (C=O) groups is 1. The molecule has 2 N–H and O–H groups in total. The van der Waals surface area contributed by atoms with Crippen molar-refractivity contribution >= 4 is 22.9 Å². The summed E-state index contributed by atoms with van der Waals surface area (Å²) in [6, 6.07) is 5.52. The van der Waals surface area contributed by atoms with Gasteiger partial charge in [-0.05, 0) is 39.8 Å². The van der Waals surface area contributed by atoms with Crippen molar-refractivity contribution in [3.8, 4) is 0 Å². The Morgan fingerprint density at radius 3 is 2.79 bits per heavy atom. The fourth-order valence-corrected chi connectivity index (χ4v) is 3.70. The van der Waals surface area contributed by atoms with Crippen molar-refractivity contribution in [3.05, 3.63) is 55.3 Å². The van der Waals surface area contributed by atoms with Gasteiger partial charge < -0.3 is 5.32 Å². The minimum absolute atomic E-state index is 0.0279. The molecule has 3 heterocycles. The van der Waals surface area contributed by atoms with Crippen molar-refractivity contribution in [1.82, 2.24) is 19.9 Å². The van der Waals surface area contributed by atoms with E-state index >= 15 is 0 Å². The Morgan fingerprint density at radius 1 is 1.38 bits per heavy atom. The van der Waals surface area contributed by atoms with E-state index < -0.39 is 0 Å². The summed E-state index contributed by atoms with van der Waals surface area (Å²) in [5, 5.41) is 5.73. The van der Waals surface area contributed by atoms with Gasteiger partial charge in [0, 0.05) is 32.8 Å². The molecule has 1 amide bonds. The predicted molar refractivity (Wildman–Crippen MR) is 94.6 cm³/mol. The van der Waals surface area contributed by atoms with Crippen LogP contribution in [0.5, 0.6) is 0 Å². The van der Waals surface area contributed by atoms with Gasteiger partial charge in [0.1, 0.15) is 0 Å². The van der Waals surface area contributed by atoms with Crippen LogP contribution in [-0.4, -0.2) is 20.5 Å². The fraction of sp³-hybridized carbons (Fsp3) is 0.353. The monoisotopic (exact) mass is 344 g/mol. The van der Waals surface area contributed by atoms with Crippen LogP contribution >= 0.6 is 11.3 Å². The van der Waals surface area contributed by atoms with Crippen LogP contribution in [0.25, 0.3) is 5.65 Å². The van der Waals surface area contributed by atoms with Crippen molar-refractivity contribution < 1.29 is 4.79 Å². The highest BCUT2D eigenvalue weighted by Gasteiger charge is 2.16. The summed E-state index contributed by atoms with van der Waals surface area (Å²) >= 11 is 1.68. The van der Waals surface area contributed by atoms with E-state index in [1.54, 1.807) is 15.9 Å². The average Bonchev–Trinajstić information content (AvgIpc) is 3.09. The molecule has 0 aliphatic carbocycles. The van der Waals surface area contributed by atoms with Crippen LogP contribution in [0, 0.1) is 20.8 Å². The lowest BCUT2D eigenvalue weighted by atomic mass is 10.1. The highest BCUT2D eigenvalue weighted by molar-refractivity contribution is 7.12. The van der Waals surface area contributed by atoms with Gasteiger partial charge in [-0.25, -0.2) is 9.50 Å². The number of rotatable bonds is 4. The summed E-state index contributed by atoms with van der Waals surface area (Å²) in [5.74, 6) is -0.0598. The van der Waals surface area contributed by atoms with Gasteiger partial charge in [-0.2, -0.15) is 0 Å². The van der Waals surface area contributed by atoms with Gasteiger partial charge >= 0.3 is 0 Å². The predicted octanol–water partition coefficient (Wildman–Crippen LogP) is 2.43. The van der Waals surface area contributed by atoms with Crippen LogP contribution < -0.4 is 10.9 Å². The zero-order chi connectivity index (χ0) is 17.4. The van der Waals surface area contributed by atoms with Crippen LogP contribution in [0.3, 0.4) is 0 Å². The second-order valence-corrected chi connectivity index (χ2v) is 7.31. The lowest BCUT2D eigenvalue weighted by molar-refractivity contribution is -0.121. The first-order valence-corrected chi connectivity index (χ1v) is 8.60. The molecule has 7 heteroatoms. The molecule has 1 atom stereocenters. The highest BCUT2D eigenvalue weighted by atomic mass is 32.1. The Kier molecular flexibility index (Phi) is 4.28. The van der Waals surface area contributed by atoms with Crippen LogP contribution in [-0.2, 0) is 11.2 Å². The van der Waals surface area contributed by atoms with Gasteiger partial charge in [0.25, 0.3) is 5.56 Å². The Labute approximate surface area is 143 Å². The van der Waals surface area contributed by atoms with E-state index in [-0.39, 0.29) is 23.9 Å². The Morgan fingerprint density at radius 2 is 2.12 bits per heavy atom. The van der Waals surface area contributed by atoms with Gasteiger partial charge in [0.15, 0.2) is 5.65 Å². The molecule has 0 aliphatic rings. The molecule has 126 valence electrons. The first-order chi connectivity index (χ1) is 11.3. The lowest BCUT2D eigenvalue weighted by Gasteiger charge is -2.15. The van der Waals surface area contributed by atoms with E-state index in [0.29, 0.717) is 5.65 Å². The summed E-state index contributed by atoms with van der Waals surface area (Å²) in [6.45, 7) is 7.77. The van der Waals surface area contributed by atoms with Gasteiger partial charge in [0.05, 0.1) is 12.5 Å². The van der Waals surface area contributed by atoms with Crippen molar-refractivity contribution in [2.75, 3.05) is 0 Å². The molecule has 3 aromatic rings. The second kappa shape index (κ2) is 6.24. The summed E-state index contributed by atoms with van der Waals surface area (Å²) in [5.41, 5.74) is 2.80. The van der Waals surface area contributed by atoms with Crippen molar-refractivity contribution in [2.45, 2.75) is 40.2 Å². The SMILES string of the molecule is Cc1ccc(C(C)NC(=O)Cc2c(C)nc3cc(=O)[nH]n3c2C)s1. The molecular weight excluding hydrogens is 324 g/mol. The third kappa shape index (κ3) is 3.12. The quantitative estimate of drug-likeness (QED) is 0.763. The highest BCUT2D eigenvalue weighted by Crippen LogP contribution is 2.22. The summed E-state index contributed by atoms with van der Waals surface area (Å²) in [7, 11) is 0. The zero-order valence-corrected chi connectivity index (χ0v) is 15.0. The number of hydrogen-bond acceptors (Lipinski definition) is 4. The molecule has 0 bridgehead atoms. The fourth-order valence-electron chi connectivity index (χ4n) is 2.82. The van der Waals surface area contributed by atoms with Crippen molar-refractivity contribution in [2.24, 2.45) is 0 Å². The van der Waals surface area contributed by atoms with E-state index in [1.165, 1.54) is 10.9 Å². The molecular formula is C17H20N4O2S. The largest absolute Gasteiger partial charge is 0.348 e. The summed E-state index contributed by atoms with van der Waals surface area (Å²) in [4.78, 5) is 30.7. The van der Waals surface area contributed by atoms with Crippen LogP contribution in [0.1, 0.15) is 39.7 Å². The first-order valence-electron chi connectivity index (χ1n) is 7.78. The number of nitrogens with zero attached hydrogens (tertiary/aromatic N) is 2. The second-order valence-electron chi connectivity index (χ2n) is 5.99. The first kappa shape index (κ1) is 16.4. The van der Waals surface area contributed by atoms with Crippen LogP contribution in [0.2, 0.25) is 0 Å². The number of amides is 1. The number of aromatic nitrogens is 3. The normalized spacial score (nSPS) is 12.5. The number of nitrogens with one attached hydrogen (secondary N) is 2. The standard InChI is InChI=1S/C17H20N4O2S/c1-9-5-6-14(24-9)11(3)19-16(22)7-13-10(2)18-15-8-17(23)20-21(15)12(13)4/h5-6,8,11H,7H2,1-4H3,(H,19,22)(H,20,23). The third-order valence-electron chi connectivity index (χ3n) is 4.11. The molecule has 0 saturated heterocycles. The zero-order valence-electron chi connectivity index (χ0n) is 14.1. The molecule has 0 fully saturated rings. The maximum absolute atomic E-state index is 12.4. The molecule has 6 nitrogen and oxygen atoms in total. The summed E-state index contributed by atoms with van der Waals surface area (Å²) in [6.07, 6.45) is 0.232. The molecule has 0 aromatic carbocycles. The molecule has 3 rings (SSSR count). The number of thiophene rings is 1. The Bertz CT molecular complexity index is 967. The molecule has 24 heavy (non-hydrogen) atoms. The molecule has 0 aliphatic heterocycles. The van der Waals surface area contributed by atoms with E-state index in [2.05, 4.69) is 21.5 Å². The van der Waals surface area contributed by atoms with Crippen molar-refractivity contribution in [1.29, 1.82) is 0 Å². The van der Waals surface area contributed by atoms with Crippen LogP contribution in [0.4, 0.5) is 0 Å². The van der Waals surface area contributed by atoms with Gasteiger partial charge in [0.2, 0.25) is 5.91 Å². The molecule has 1 unspecified atom stereocenters. The van der Waals surface area contributed by atoms with E-state index in [9.17, 15) is 9.59 Å². The number of carbonyl (C=O) groups excluding carboxylic acids is 1. The van der Waals surface area contributed by atoms with Gasteiger partial charge in [-0.3, -0.25) is 14.7 Å². The molecule has 0 saturated carbocycles. The Hall–Kier alpha value is -2.41. The summed E-state index contributed by atoms with van der Waals surface area (Å²) < 4.78 is 1.63. The number of H-pyrrole nitrogens is 1. The van der Waals surface area contributed by atoms with Gasteiger partial charge in [-0.1, -0.05) is 0 Å². The smallest absolute Gasteiger partial charge is 0.266 e. The van der Waals surface area contributed by atoms with E-state index in [4.69, 9.17) is 0 Å². The van der Waals surface area contributed by atoms with E-state index in [0.717, 1.165) is 21.8 Å². The van der Waals surface area contributed by atoms with Crippen LogP contribution in [0.15, 0.2) is 23.0 Å². The molecule has 0 spiro atoms. The number of fused-ring (bicyclic) bond motifs is 1. The Balaban J connectivity index is 1.81. The third-order valence-corrected chi connectivity index (χ3v) is 5.29. The molecule has 3 aromatic heterocycles. The minimum atomic E-state index is -0.201.